The van der Waals surface area contributed by atoms with Gasteiger partial charge in [-0.1, -0.05) is 5.16 Å². The second-order valence-corrected chi connectivity index (χ2v) is 4.31. The Morgan fingerprint density at radius 3 is 3.12 bits per heavy atom. The summed E-state index contributed by atoms with van der Waals surface area (Å²) in [7, 11) is 0. The quantitative estimate of drug-likeness (QED) is 0.734. The lowest BCUT2D eigenvalue weighted by atomic mass is 10.3. The standard InChI is InChI=1S/C10H9N5OS/c11-10-13-8(7-2-4-17-9(7)14-10)12-5-6-1-3-16-15-6/h1-4H,5H2,(H3,11,12,13,14). The van der Waals surface area contributed by atoms with Crippen molar-refractivity contribution < 1.29 is 4.52 Å². The lowest BCUT2D eigenvalue weighted by Crippen LogP contribution is -2.04. The smallest absolute Gasteiger partial charge is 0.223 e. The molecule has 0 aliphatic carbocycles. The van der Waals surface area contributed by atoms with Crippen molar-refractivity contribution in [1.82, 2.24) is 15.1 Å². The van der Waals surface area contributed by atoms with Crippen LogP contribution in [0.4, 0.5) is 11.8 Å². The van der Waals surface area contributed by atoms with Gasteiger partial charge in [0, 0.05) is 6.07 Å². The van der Waals surface area contributed by atoms with Gasteiger partial charge in [0.1, 0.15) is 22.6 Å². The van der Waals surface area contributed by atoms with Gasteiger partial charge >= 0.3 is 0 Å². The van der Waals surface area contributed by atoms with Gasteiger partial charge in [-0.25, -0.2) is 4.98 Å². The molecule has 17 heavy (non-hydrogen) atoms. The van der Waals surface area contributed by atoms with Crippen molar-refractivity contribution in [3.05, 3.63) is 29.5 Å². The van der Waals surface area contributed by atoms with E-state index in [2.05, 4.69) is 20.4 Å². The molecule has 0 aliphatic rings. The zero-order valence-electron chi connectivity index (χ0n) is 8.75. The van der Waals surface area contributed by atoms with Crippen molar-refractivity contribution in [3.8, 4) is 0 Å². The number of hydrogen-bond donors (Lipinski definition) is 2. The van der Waals surface area contributed by atoms with Crippen molar-refractivity contribution in [2.24, 2.45) is 0 Å². The monoisotopic (exact) mass is 247 g/mol. The Kier molecular flexibility index (Phi) is 2.37. The number of anilines is 2. The van der Waals surface area contributed by atoms with Crippen LogP contribution in [0.25, 0.3) is 10.2 Å². The highest BCUT2D eigenvalue weighted by molar-refractivity contribution is 7.16. The second-order valence-electron chi connectivity index (χ2n) is 3.41. The summed E-state index contributed by atoms with van der Waals surface area (Å²) < 4.78 is 4.75. The van der Waals surface area contributed by atoms with E-state index in [0.717, 1.165) is 21.7 Å². The normalized spacial score (nSPS) is 10.8. The predicted molar refractivity (Wildman–Crippen MR) is 65.7 cm³/mol. The van der Waals surface area contributed by atoms with E-state index in [-0.39, 0.29) is 5.95 Å². The number of hydrogen-bond acceptors (Lipinski definition) is 7. The highest BCUT2D eigenvalue weighted by Gasteiger charge is 2.07. The maximum Gasteiger partial charge on any atom is 0.223 e. The molecule has 0 radical (unpaired) electrons. The minimum atomic E-state index is 0.266. The van der Waals surface area contributed by atoms with Gasteiger partial charge in [0.15, 0.2) is 0 Å². The lowest BCUT2D eigenvalue weighted by molar-refractivity contribution is 0.412. The summed E-state index contributed by atoms with van der Waals surface area (Å²) in [6, 6.07) is 3.76. The van der Waals surface area contributed by atoms with E-state index in [1.54, 1.807) is 6.07 Å². The second kappa shape index (κ2) is 4.02. The summed E-state index contributed by atoms with van der Waals surface area (Å²) in [5.41, 5.74) is 6.45. The van der Waals surface area contributed by atoms with Gasteiger partial charge in [0.25, 0.3) is 0 Å². The van der Waals surface area contributed by atoms with Gasteiger partial charge in [-0.2, -0.15) is 4.98 Å². The SMILES string of the molecule is Nc1nc(NCc2ccon2)c2ccsc2n1. The van der Waals surface area contributed by atoms with Crippen molar-refractivity contribution in [1.29, 1.82) is 0 Å². The minimum absolute atomic E-state index is 0.266. The van der Waals surface area contributed by atoms with Crippen molar-refractivity contribution >= 4 is 33.3 Å². The molecule has 6 nitrogen and oxygen atoms in total. The molecule has 0 saturated heterocycles. The molecule has 7 heteroatoms. The Morgan fingerprint density at radius 1 is 1.35 bits per heavy atom. The van der Waals surface area contributed by atoms with Crippen molar-refractivity contribution in [2.45, 2.75) is 6.54 Å². The molecule has 86 valence electrons. The van der Waals surface area contributed by atoms with Gasteiger partial charge in [0.2, 0.25) is 5.95 Å². The number of nitrogen functional groups attached to an aromatic ring is 1. The molecule has 3 aromatic rings. The number of nitrogens with one attached hydrogen (secondary N) is 1. The van der Waals surface area contributed by atoms with Gasteiger partial charge in [-0.3, -0.25) is 0 Å². The van der Waals surface area contributed by atoms with Crippen LogP contribution in [0.1, 0.15) is 5.69 Å². The maximum atomic E-state index is 5.64. The maximum absolute atomic E-state index is 5.64. The number of fused-ring (bicyclic) bond motifs is 1. The van der Waals surface area contributed by atoms with Gasteiger partial charge in [-0.05, 0) is 11.4 Å². The van der Waals surface area contributed by atoms with Crippen LogP contribution in [0.3, 0.4) is 0 Å². The largest absolute Gasteiger partial charge is 0.368 e. The predicted octanol–water partition coefficient (Wildman–Crippen LogP) is 1.87. The van der Waals surface area contributed by atoms with Gasteiger partial charge in [0.05, 0.1) is 11.9 Å². The number of nitrogens with zero attached hydrogens (tertiary/aromatic N) is 3. The summed E-state index contributed by atoms with van der Waals surface area (Å²) in [6.45, 7) is 0.540. The third kappa shape index (κ3) is 1.92. The average molecular weight is 247 g/mol. The first-order chi connectivity index (χ1) is 8.33. The molecule has 3 rings (SSSR count). The highest BCUT2D eigenvalue weighted by Crippen LogP contribution is 2.25. The molecule has 3 aromatic heterocycles. The van der Waals surface area contributed by atoms with Crippen LogP contribution in [0.2, 0.25) is 0 Å². The molecule has 3 N–H and O–H groups in total. The summed E-state index contributed by atoms with van der Waals surface area (Å²) in [5.74, 6) is 0.986. The molecule has 3 heterocycles. The van der Waals surface area contributed by atoms with E-state index in [9.17, 15) is 0 Å². The molecule has 0 aliphatic heterocycles. The van der Waals surface area contributed by atoms with E-state index in [0.29, 0.717) is 6.54 Å². The van der Waals surface area contributed by atoms with E-state index in [1.807, 2.05) is 11.4 Å². The first kappa shape index (κ1) is 10.0. The van der Waals surface area contributed by atoms with Crippen molar-refractivity contribution in [3.63, 3.8) is 0 Å². The van der Waals surface area contributed by atoms with Crippen LogP contribution in [0.5, 0.6) is 0 Å². The topological polar surface area (TPSA) is 89.9 Å². The summed E-state index contributed by atoms with van der Waals surface area (Å²) in [6.07, 6.45) is 1.53. The first-order valence-corrected chi connectivity index (χ1v) is 5.85. The van der Waals surface area contributed by atoms with Crippen LogP contribution in [0, 0.1) is 0 Å². The van der Waals surface area contributed by atoms with Crippen LogP contribution >= 0.6 is 11.3 Å². The minimum Gasteiger partial charge on any atom is -0.368 e. The zero-order valence-corrected chi connectivity index (χ0v) is 9.57. The highest BCUT2D eigenvalue weighted by atomic mass is 32.1. The fourth-order valence-electron chi connectivity index (χ4n) is 1.51. The first-order valence-electron chi connectivity index (χ1n) is 4.97. The van der Waals surface area contributed by atoms with Crippen LogP contribution < -0.4 is 11.1 Å². The molecule has 0 bridgehead atoms. The lowest BCUT2D eigenvalue weighted by Gasteiger charge is -2.05. The van der Waals surface area contributed by atoms with Crippen LogP contribution in [-0.2, 0) is 6.54 Å². The number of nitrogens with two attached hydrogens (primary N) is 1. The molecule has 0 fully saturated rings. The molecule has 0 unspecified atom stereocenters. The third-order valence-corrected chi connectivity index (χ3v) is 3.08. The van der Waals surface area contributed by atoms with Crippen molar-refractivity contribution in [2.75, 3.05) is 11.1 Å². The Bertz CT molecular complexity index is 633. The van der Waals surface area contributed by atoms with E-state index < -0.39 is 0 Å². The Hall–Kier alpha value is -2.15. The molecular weight excluding hydrogens is 238 g/mol. The fraction of sp³-hybridized carbons (Fsp3) is 0.100. The van der Waals surface area contributed by atoms with Crippen LogP contribution in [-0.4, -0.2) is 15.1 Å². The van der Waals surface area contributed by atoms with Gasteiger partial charge < -0.3 is 15.6 Å². The molecule has 0 spiro atoms. The summed E-state index contributed by atoms with van der Waals surface area (Å²) in [5, 5.41) is 9.91. The fourth-order valence-corrected chi connectivity index (χ4v) is 2.28. The Morgan fingerprint density at radius 2 is 2.29 bits per heavy atom. The molecule has 0 atom stereocenters. The molecular formula is C10H9N5OS. The van der Waals surface area contributed by atoms with E-state index in [1.165, 1.54) is 17.6 Å². The van der Waals surface area contributed by atoms with E-state index >= 15 is 0 Å². The van der Waals surface area contributed by atoms with Gasteiger partial charge in [-0.15, -0.1) is 11.3 Å². The average Bonchev–Trinajstić information content (AvgIpc) is 2.95. The Balaban J connectivity index is 1.91. The Labute approximate surface area is 100 Å². The number of thiophene rings is 1. The number of aromatic nitrogens is 3. The number of rotatable bonds is 3. The zero-order chi connectivity index (χ0) is 11.7. The summed E-state index contributed by atoms with van der Waals surface area (Å²) >= 11 is 1.53. The third-order valence-electron chi connectivity index (χ3n) is 2.27. The van der Waals surface area contributed by atoms with E-state index in [4.69, 9.17) is 10.3 Å². The molecule has 0 amide bonds. The molecule has 0 saturated carbocycles. The van der Waals surface area contributed by atoms with Crippen LogP contribution in [0.15, 0.2) is 28.3 Å². The summed E-state index contributed by atoms with van der Waals surface area (Å²) in [4.78, 5) is 9.20. The molecule has 0 aromatic carbocycles.